The molecule has 1 aromatic carbocycles. The molecule has 0 aliphatic rings. The minimum atomic E-state index is -0.354. The van der Waals surface area contributed by atoms with Gasteiger partial charge < -0.3 is 13.9 Å². The second kappa shape index (κ2) is 8.45. The van der Waals surface area contributed by atoms with Crippen molar-refractivity contribution in [2.24, 2.45) is 0 Å². The summed E-state index contributed by atoms with van der Waals surface area (Å²) in [5, 5.41) is 1.52. The molecule has 0 saturated heterocycles. The summed E-state index contributed by atoms with van der Waals surface area (Å²) in [6, 6.07) is 5.19. The molecule has 2 aromatic rings. The number of aryl methyl sites for hydroxylation is 1. The molecule has 0 unspecified atom stereocenters. The molecule has 0 aliphatic carbocycles. The van der Waals surface area contributed by atoms with E-state index in [0.29, 0.717) is 30.4 Å². The molecular weight excluding hydrogens is 318 g/mol. The van der Waals surface area contributed by atoms with Gasteiger partial charge in [-0.1, -0.05) is 11.6 Å². The summed E-state index contributed by atoms with van der Waals surface area (Å²) in [5.74, 6) is 0. The number of rotatable bonds is 8. The zero-order valence-electron chi connectivity index (χ0n) is 13.7. The molecule has 0 amide bonds. The van der Waals surface area contributed by atoms with E-state index < -0.39 is 0 Å². The Morgan fingerprint density at radius 1 is 1.13 bits per heavy atom. The Morgan fingerprint density at radius 3 is 2.39 bits per heavy atom. The number of benzene rings is 1. The van der Waals surface area contributed by atoms with Crippen molar-refractivity contribution in [1.82, 2.24) is 4.90 Å². The lowest BCUT2D eigenvalue weighted by molar-refractivity contribution is 0.110. The van der Waals surface area contributed by atoms with E-state index in [1.165, 1.54) is 6.07 Å². The van der Waals surface area contributed by atoms with Gasteiger partial charge >= 0.3 is 5.63 Å². The Bertz CT molecular complexity index is 706. The second-order valence-corrected chi connectivity index (χ2v) is 5.86. The Balaban J connectivity index is 2.36. The Labute approximate surface area is 140 Å². The van der Waals surface area contributed by atoms with Crippen LogP contribution in [-0.4, -0.2) is 45.4 Å². The molecule has 0 saturated carbocycles. The molecule has 0 N–H and O–H groups in total. The third-order valence-electron chi connectivity index (χ3n) is 3.73. The topological polar surface area (TPSA) is 51.9 Å². The molecule has 2 rings (SSSR count). The van der Waals surface area contributed by atoms with E-state index >= 15 is 0 Å². The minimum absolute atomic E-state index is 0.354. The highest BCUT2D eigenvalue weighted by molar-refractivity contribution is 6.32. The van der Waals surface area contributed by atoms with Crippen molar-refractivity contribution in [2.75, 3.05) is 40.5 Å². The maximum Gasteiger partial charge on any atom is 0.336 e. The summed E-state index contributed by atoms with van der Waals surface area (Å²) in [6.07, 6.45) is 0. The SMILES string of the molecule is COCCN(CCOC)Cc1cc(=O)oc2cc(C)c(Cl)cc12. The Kier molecular flexibility index (Phi) is 6.59. The van der Waals surface area contributed by atoms with E-state index in [1.807, 2.05) is 13.0 Å². The van der Waals surface area contributed by atoms with E-state index in [0.717, 1.165) is 29.6 Å². The predicted octanol–water partition coefficient (Wildman–Crippen LogP) is 2.85. The number of halogens is 1. The average molecular weight is 340 g/mol. The van der Waals surface area contributed by atoms with Crippen LogP contribution < -0.4 is 5.63 Å². The van der Waals surface area contributed by atoms with Crippen molar-refractivity contribution in [1.29, 1.82) is 0 Å². The van der Waals surface area contributed by atoms with Crippen LogP contribution in [0.3, 0.4) is 0 Å². The summed E-state index contributed by atoms with van der Waals surface area (Å²) in [6.45, 7) is 5.22. The first kappa shape index (κ1) is 17.9. The Hall–Kier alpha value is -1.40. The molecule has 1 heterocycles. The lowest BCUT2D eigenvalue weighted by Crippen LogP contribution is -2.30. The highest BCUT2D eigenvalue weighted by Crippen LogP contribution is 2.25. The standard InChI is InChI=1S/C17H22ClNO4/c1-12-8-16-14(10-15(12)18)13(9-17(20)23-16)11-19(4-6-21-2)5-7-22-3/h8-10H,4-7,11H2,1-3H3. The number of hydrogen-bond acceptors (Lipinski definition) is 5. The molecule has 0 spiro atoms. The molecule has 0 atom stereocenters. The minimum Gasteiger partial charge on any atom is -0.423 e. The van der Waals surface area contributed by atoms with E-state index in [4.69, 9.17) is 25.5 Å². The van der Waals surface area contributed by atoms with Crippen LogP contribution in [0, 0.1) is 6.92 Å². The quantitative estimate of drug-likeness (QED) is 0.692. The first-order valence-electron chi connectivity index (χ1n) is 7.48. The largest absolute Gasteiger partial charge is 0.423 e. The maximum absolute atomic E-state index is 11.8. The predicted molar refractivity (Wildman–Crippen MR) is 91.3 cm³/mol. The monoisotopic (exact) mass is 339 g/mol. The van der Waals surface area contributed by atoms with Gasteiger partial charge in [-0.3, -0.25) is 4.90 Å². The first-order chi connectivity index (χ1) is 11.0. The van der Waals surface area contributed by atoms with E-state index in [2.05, 4.69) is 4.90 Å². The van der Waals surface area contributed by atoms with Gasteiger partial charge in [0.25, 0.3) is 0 Å². The van der Waals surface area contributed by atoms with Gasteiger partial charge in [0.05, 0.1) is 13.2 Å². The van der Waals surface area contributed by atoms with E-state index in [1.54, 1.807) is 20.3 Å². The normalized spacial score (nSPS) is 11.5. The lowest BCUT2D eigenvalue weighted by atomic mass is 10.1. The zero-order chi connectivity index (χ0) is 16.8. The average Bonchev–Trinajstić information content (AvgIpc) is 2.51. The number of fused-ring (bicyclic) bond motifs is 1. The summed E-state index contributed by atoms with van der Waals surface area (Å²) >= 11 is 6.23. The number of nitrogens with zero attached hydrogens (tertiary/aromatic N) is 1. The van der Waals surface area contributed by atoms with E-state index in [-0.39, 0.29) is 5.63 Å². The van der Waals surface area contributed by atoms with Gasteiger partial charge in [0.15, 0.2) is 0 Å². The molecule has 5 nitrogen and oxygen atoms in total. The third kappa shape index (κ3) is 4.78. The highest BCUT2D eigenvalue weighted by atomic mass is 35.5. The Morgan fingerprint density at radius 2 is 1.78 bits per heavy atom. The molecule has 0 bridgehead atoms. The van der Waals surface area contributed by atoms with Crippen LogP contribution in [0.15, 0.2) is 27.4 Å². The van der Waals surface area contributed by atoms with Gasteiger partial charge in [0, 0.05) is 50.3 Å². The van der Waals surface area contributed by atoms with Crippen LogP contribution in [0.4, 0.5) is 0 Å². The van der Waals surface area contributed by atoms with Gasteiger partial charge in [0.2, 0.25) is 0 Å². The second-order valence-electron chi connectivity index (χ2n) is 5.45. The summed E-state index contributed by atoms with van der Waals surface area (Å²) in [7, 11) is 3.34. The fourth-order valence-electron chi connectivity index (χ4n) is 2.43. The van der Waals surface area contributed by atoms with Gasteiger partial charge in [-0.2, -0.15) is 0 Å². The third-order valence-corrected chi connectivity index (χ3v) is 4.13. The van der Waals surface area contributed by atoms with Gasteiger partial charge in [-0.15, -0.1) is 0 Å². The fraction of sp³-hybridized carbons (Fsp3) is 0.471. The fourth-order valence-corrected chi connectivity index (χ4v) is 2.59. The van der Waals surface area contributed by atoms with Crippen molar-refractivity contribution in [2.45, 2.75) is 13.5 Å². The maximum atomic E-state index is 11.8. The highest BCUT2D eigenvalue weighted by Gasteiger charge is 2.12. The van der Waals surface area contributed by atoms with Crippen LogP contribution in [-0.2, 0) is 16.0 Å². The van der Waals surface area contributed by atoms with Gasteiger partial charge in [-0.25, -0.2) is 4.79 Å². The smallest absolute Gasteiger partial charge is 0.336 e. The molecule has 0 aliphatic heterocycles. The summed E-state index contributed by atoms with van der Waals surface area (Å²) in [5.41, 5.74) is 1.99. The van der Waals surface area contributed by atoms with Gasteiger partial charge in [-0.05, 0) is 30.2 Å². The number of hydrogen-bond donors (Lipinski definition) is 0. The summed E-state index contributed by atoms with van der Waals surface area (Å²) < 4.78 is 15.6. The van der Waals surface area contributed by atoms with Crippen molar-refractivity contribution in [3.05, 3.63) is 44.8 Å². The molecule has 0 radical (unpaired) electrons. The number of ether oxygens (including phenoxy) is 2. The number of methoxy groups -OCH3 is 2. The lowest BCUT2D eigenvalue weighted by Gasteiger charge is -2.22. The van der Waals surface area contributed by atoms with Crippen molar-refractivity contribution in [3.8, 4) is 0 Å². The zero-order valence-corrected chi connectivity index (χ0v) is 14.5. The van der Waals surface area contributed by atoms with Crippen molar-refractivity contribution < 1.29 is 13.9 Å². The molecular formula is C17H22ClNO4. The summed E-state index contributed by atoms with van der Waals surface area (Å²) in [4.78, 5) is 14.0. The van der Waals surface area contributed by atoms with Crippen LogP contribution in [0.5, 0.6) is 0 Å². The first-order valence-corrected chi connectivity index (χ1v) is 7.86. The van der Waals surface area contributed by atoms with Crippen LogP contribution >= 0.6 is 11.6 Å². The molecule has 6 heteroatoms. The van der Waals surface area contributed by atoms with E-state index in [9.17, 15) is 4.79 Å². The van der Waals surface area contributed by atoms with Crippen LogP contribution in [0.2, 0.25) is 5.02 Å². The van der Waals surface area contributed by atoms with Crippen molar-refractivity contribution >= 4 is 22.6 Å². The van der Waals surface area contributed by atoms with Crippen molar-refractivity contribution in [3.63, 3.8) is 0 Å². The molecule has 126 valence electrons. The van der Waals surface area contributed by atoms with Crippen LogP contribution in [0.25, 0.3) is 11.0 Å². The molecule has 1 aromatic heterocycles. The van der Waals surface area contributed by atoms with Gasteiger partial charge in [0.1, 0.15) is 5.58 Å². The molecule has 0 fully saturated rings. The van der Waals surface area contributed by atoms with Crippen LogP contribution in [0.1, 0.15) is 11.1 Å². The molecule has 23 heavy (non-hydrogen) atoms.